The van der Waals surface area contributed by atoms with Gasteiger partial charge in [0.25, 0.3) is 0 Å². The van der Waals surface area contributed by atoms with E-state index in [9.17, 15) is 18.3 Å². The Morgan fingerprint density at radius 2 is 1.79 bits per heavy atom. The van der Waals surface area contributed by atoms with Crippen LogP contribution in [0.4, 0.5) is 0 Å². The predicted octanol–water partition coefficient (Wildman–Crippen LogP) is 3.78. The zero-order valence-corrected chi connectivity index (χ0v) is 15.1. The van der Waals surface area contributed by atoms with Gasteiger partial charge in [-0.3, -0.25) is 0 Å². The van der Waals surface area contributed by atoms with Crippen molar-refractivity contribution in [3.63, 3.8) is 0 Å². The van der Waals surface area contributed by atoms with Crippen LogP contribution in [0.5, 0.6) is 0 Å². The summed E-state index contributed by atoms with van der Waals surface area (Å²) in [6, 6.07) is 10.5. The van der Waals surface area contributed by atoms with Gasteiger partial charge in [0.05, 0.1) is 10.5 Å². The summed E-state index contributed by atoms with van der Waals surface area (Å²) in [5.74, 6) is -1.11. The number of nitrogens with one attached hydrogen (secondary N) is 1. The summed E-state index contributed by atoms with van der Waals surface area (Å²) in [5, 5.41) is 9.70. The highest BCUT2D eigenvalue weighted by Gasteiger charge is 2.22. The van der Waals surface area contributed by atoms with Crippen LogP contribution in [0.3, 0.4) is 0 Å². The first-order valence-electron chi connectivity index (χ1n) is 7.17. The van der Waals surface area contributed by atoms with Crippen molar-refractivity contribution in [3.05, 3.63) is 53.1 Å². The summed E-state index contributed by atoms with van der Waals surface area (Å²) in [4.78, 5) is 11.5. The Morgan fingerprint density at radius 1 is 1.12 bits per heavy atom. The number of aromatic carboxylic acids is 1. The molecular formula is C17H18ClNO4S. The summed E-state index contributed by atoms with van der Waals surface area (Å²) in [6.07, 6.45) is 0. The Hall–Kier alpha value is -1.89. The van der Waals surface area contributed by atoms with Crippen molar-refractivity contribution in [3.8, 4) is 11.1 Å². The van der Waals surface area contributed by atoms with Crippen LogP contribution in [0, 0.1) is 0 Å². The van der Waals surface area contributed by atoms with Crippen molar-refractivity contribution < 1.29 is 18.3 Å². The van der Waals surface area contributed by atoms with E-state index in [-0.39, 0.29) is 10.5 Å². The molecule has 0 fully saturated rings. The molecule has 0 unspecified atom stereocenters. The first kappa shape index (κ1) is 18.4. The van der Waals surface area contributed by atoms with E-state index in [0.717, 1.165) is 0 Å². The lowest BCUT2D eigenvalue weighted by Gasteiger charge is -2.20. The van der Waals surface area contributed by atoms with Gasteiger partial charge in [-0.15, -0.1) is 0 Å². The first-order chi connectivity index (χ1) is 11.0. The second kappa shape index (κ2) is 6.55. The van der Waals surface area contributed by atoms with Crippen LogP contribution in [0.2, 0.25) is 5.02 Å². The molecule has 7 heteroatoms. The predicted molar refractivity (Wildman–Crippen MR) is 93.9 cm³/mol. The number of carbonyl (C=O) groups is 1. The van der Waals surface area contributed by atoms with Crippen LogP contribution < -0.4 is 4.72 Å². The standard InChI is InChI=1S/C17H18ClNO4S/c1-17(2,3)19-24(22,23)13-6-4-5-11(9-13)15-10-12(18)7-8-14(15)16(20)21/h4-10,19H,1-3H3,(H,20,21). The largest absolute Gasteiger partial charge is 0.478 e. The molecule has 0 amide bonds. The molecule has 0 bridgehead atoms. The molecule has 0 saturated carbocycles. The maximum Gasteiger partial charge on any atom is 0.336 e. The van der Waals surface area contributed by atoms with Gasteiger partial charge < -0.3 is 5.11 Å². The van der Waals surface area contributed by atoms with Crippen molar-refractivity contribution in [2.45, 2.75) is 31.2 Å². The highest BCUT2D eigenvalue weighted by atomic mass is 35.5. The van der Waals surface area contributed by atoms with Crippen molar-refractivity contribution >= 4 is 27.6 Å². The van der Waals surface area contributed by atoms with Gasteiger partial charge in [0.15, 0.2) is 0 Å². The number of rotatable bonds is 4. The van der Waals surface area contributed by atoms with E-state index < -0.39 is 21.5 Å². The maximum absolute atomic E-state index is 12.5. The lowest BCUT2D eigenvalue weighted by Crippen LogP contribution is -2.40. The SMILES string of the molecule is CC(C)(C)NS(=O)(=O)c1cccc(-c2cc(Cl)ccc2C(=O)O)c1. The molecule has 2 aromatic carbocycles. The fraction of sp³-hybridized carbons (Fsp3) is 0.235. The number of sulfonamides is 1. The van der Waals surface area contributed by atoms with E-state index in [1.807, 2.05) is 0 Å². The lowest BCUT2D eigenvalue weighted by atomic mass is 10.00. The van der Waals surface area contributed by atoms with E-state index in [4.69, 9.17) is 11.6 Å². The van der Waals surface area contributed by atoms with Gasteiger partial charge in [0, 0.05) is 10.6 Å². The fourth-order valence-electron chi connectivity index (χ4n) is 2.23. The molecule has 5 nitrogen and oxygen atoms in total. The summed E-state index contributed by atoms with van der Waals surface area (Å²) in [7, 11) is -3.72. The Bertz CT molecular complexity index is 886. The van der Waals surface area contributed by atoms with Crippen molar-refractivity contribution in [1.29, 1.82) is 0 Å². The minimum absolute atomic E-state index is 0.0535. The molecule has 2 N–H and O–H groups in total. The number of benzene rings is 2. The molecule has 24 heavy (non-hydrogen) atoms. The molecule has 0 heterocycles. The van der Waals surface area contributed by atoms with Gasteiger partial charge >= 0.3 is 5.97 Å². The molecule has 0 radical (unpaired) electrons. The van der Waals surface area contributed by atoms with Crippen LogP contribution in [0.15, 0.2) is 47.4 Å². The van der Waals surface area contributed by atoms with Crippen LogP contribution >= 0.6 is 11.6 Å². The Balaban J connectivity index is 2.57. The topological polar surface area (TPSA) is 83.5 Å². The molecular weight excluding hydrogens is 350 g/mol. The second-order valence-electron chi connectivity index (χ2n) is 6.38. The fourth-order valence-corrected chi connectivity index (χ4v) is 3.87. The summed E-state index contributed by atoms with van der Waals surface area (Å²) in [6.45, 7) is 5.23. The molecule has 0 spiro atoms. The highest BCUT2D eigenvalue weighted by molar-refractivity contribution is 7.89. The Labute approximate surface area is 146 Å². The molecule has 0 saturated heterocycles. The summed E-state index contributed by atoms with van der Waals surface area (Å²) in [5.41, 5.74) is 0.254. The molecule has 0 aromatic heterocycles. The minimum atomic E-state index is -3.72. The number of hydrogen-bond donors (Lipinski definition) is 2. The smallest absolute Gasteiger partial charge is 0.336 e. The Kier molecular flexibility index (Phi) is 5.03. The average molecular weight is 368 g/mol. The molecule has 0 aliphatic heterocycles. The number of halogens is 1. The molecule has 0 aliphatic rings. The monoisotopic (exact) mass is 367 g/mol. The van der Waals surface area contributed by atoms with Gasteiger partial charge in [0.1, 0.15) is 0 Å². The number of carboxylic acids is 1. The highest BCUT2D eigenvalue weighted by Crippen LogP contribution is 2.29. The van der Waals surface area contributed by atoms with Gasteiger partial charge in [0.2, 0.25) is 10.0 Å². The van der Waals surface area contributed by atoms with Gasteiger partial charge in [-0.2, -0.15) is 0 Å². The molecule has 0 atom stereocenters. The molecule has 2 rings (SSSR count). The van der Waals surface area contributed by atoms with Gasteiger partial charge in [-0.1, -0.05) is 23.7 Å². The second-order valence-corrected chi connectivity index (χ2v) is 8.50. The van der Waals surface area contributed by atoms with Gasteiger partial charge in [-0.05, 0) is 62.2 Å². The average Bonchev–Trinajstić information content (AvgIpc) is 2.44. The van der Waals surface area contributed by atoms with Gasteiger partial charge in [-0.25, -0.2) is 17.9 Å². The zero-order valence-electron chi connectivity index (χ0n) is 13.5. The van der Waals surface area contributed by atoms with Crippen molar-refractivity contribution in [2.24, 2.45) is 0 Å². The lowest BCUT2D eigenvalue weighted by molar-refractivity contribution is 0.0697. The van der Waals surface area contributed by atoms with E-state index >= 15 is 0 Å². The van der Waals surface area contributed by atoms with Crippen LogP contribution in [0.25, 0.3) is 11.1 Å². The summed E-state index contributed by atoms with van der Waals surface area (Å²) < 4.78 is 27.5. The van der Waals surface area contributed by atoms with E-state index in [0.29, 0.717) is 16.1 Å². The number of hydrogen-bond acceptors (Lipinski definition) is 3. The van der Waals surface area contributed by atoms with Crippen molar-refractivity contribution in [1.82, 2.24) is 4.72 Å². The molecule has 0 aliphatic carbocycles. The third kappa shape index (κ3) is 4.35. The summed E-state index contributed by atoms with van der Waals surface area (Å²) >= 11 is 5.96. The quantitative estimate of drug-likeness (QED) is 0.861. The molecule has 2 aromatic rings. The third-order valence-corrected chi connectivity index (χ3v) is 5.10. The first-order valence-corrected chi connectivity index (χ1v) is 9.03. The number of carboxylic acid groups (broad SMARTS) is 1. The van der Waals surface area contributed by atoms with Crippen molar-refractivity contribution in [2.75, 3.05) is 0 Å². The van der Waals surface area contributed by atoms with E-state index in [1.165, 1.54) is 30.3 Å². The third-order valence-electron chi connectivity index (χ3n) is 3.11. The van der Waals surface area contributed by atoms with Crippen LogP contribution in [0.1, 0.15) is 31.1 Å². The normalized spacial score (nSPS) is 12.2. The van der Waals surface area contributed by atoms with E-state index in [1.54, 1.807) is 32.9 Å². The van der Waals surface area contributed by atoms with Crippen LogP contribution in [-0.2, 0) is 10.0 Å². The zero-order chi connectivity index (χ0) is 18.1. The molecule has 128 valence electrons. The maximum atomic E-state index is 12.5. The minimum Gasteiger partial charge on any atom is -0.478 e. The Morgan fingerprint density at radius 3 is 2.38 bits per heavy atom. The van der Waals surface area contributed by atoms with Crippen LogP contribution in [-0.4, -0.2) is 25.0 Å². The van der Waals surface area contributed by atoms with E-state index in [2.05, 4.69) is 4.72 Å².